The van der Waals surface area contributed by atoms with Gasteiger partial charge in [0.2, 0.25) is 5.91 Å². The quantitative estimate of drug-likeness (QED) is 0.825. The van der Waals surface area contributed by atoms with Gasteiger partial charge in [-0.3, -0.25) is 4.79 Å². The summed E-state index contributed by atoms with van der Waals surface area (Å²) in [6.07, 6.45) is -4.95. The van der Waals surface area contributed by atoms with Crippen molar-refractivity contribution in [1.82, 2.24) is 5.32 Å². The summed E-state index contributed by atoms with van der Waals surface area (Å²) < 4.78 is 38.6. The second-order valence-electron chi connectivity index (χ2n) is 5.09. The van der Waals surface area contributed by atoms with Gasteiger partial charge < -0.3 is 11.1 Å². The van der Waals surface area contributed by atoms with E-state index in [1.807, 2.05) is 13.0 Å². The summed E-state index contributed by atoms with van der Waals surface area (Å²) in [5.41, 5.74) is 4.97. The van der Waals surface area contributed by atoms with Gasteiger partial charge in [0, 0.05) is 17.4 Å². The SMILES string of the molecule is Cc1cc(Br)cc(C(N)C(=O)NCCC2(C(F)(F)F)N=N2)c1. The maximum atomic E-state index is 12.6. The number of carbonyl (C=O) groups excluding carboxylic acids is 1. The molecule has 9 heteroatoms. The molecule has 0 fully saturated rings. The molecule has 1 aromatic carbocycles. The highest BCUT2D eigenvalue weighted by Gasteiger charge is 2.63. The highest BCUT2D eigenvalue weighted by Crippen LogP contribution is 2.46. The number of amides is 1. The Labute approximate surface area is 133 Å². The minimum absolute atomic E-state index is 0.202. The number of aryl methyl sites for hydroxylation is 1. The van der Waals surface area contributed by atoms with Gasteiger partial charge in [0.05, 0.1) is 0 Å². The van der Waals surface area contributed by atoms with Crippen LogP contribution in [0.2, 0.25) is 0 Å². The molecule has 1 unspecified atom stereocenters. The highest BCUT2D eigenvalue weighted by molar-refractivity contribution is 9.10. The number of benzene rings is 1. The standard InChI is InChI=1S/C13H14BrF3N4O/c1-7-4-8(6-9(14)5-7)10(18)11(22)19-3-2-12(20-21-12)13(15,16)17/h4-6,10H,2-3,18H2,1H3,(H,19,22). The Kier molecular flexibility index (Phi) is 4.57. The molecular formula is C13H14BrF3N4O. The average molecular weight is 379 g/mol. The van der Waals surface area contributed by atoms with Crippen LogP contribution < -0.4 is 11.1 Å². The first-order valence-electron chi connectivity index (χ1n) is 6.46. The molecule has 5 nitrogen and oxygen atoms in total. The van der Waals surface area contributed by atoms with Crippen molar-refractivity contribution in [3.63, 3.8) is 0 Å². The number of nitrogens with two attached hydrogens (primary N) is 1. The fourth-order valence-electron chi connectivity index (χ4n) is 1.98. The molecule has 120 valence electrons. The topological polar surface area (TPSA) is 79.8 Å². The lowest BCUT2D eigenvalue weighted by Crippen LogP contribution is -2.39. The smallest absolute Gasteiger partial charge is 0.354 e. The zero-order chi connectivity index (χ0) is 16.5. The van der Waals surface area contributed by atoms with Crippen molar-refractivity contribution in [3.05, 3.63) is 33.8 Å². The van der Waals surface area contributed by atoms with E-state index in [0.717, 1.165) is 10.0 Å². The van der Waals surface area contributed by atoms with Crippen molar-refractivity contribution < 1.29 is 18.0 Å². The Morgan fingerprint density at radius 3 is 2.55 bits per heavy atom. The highest BCUT2D eigenvalue weighted by atomic mass is 79.9. The van der Waals surface area contributed by atoms with Gasteiger partial charge in [-0.15, -0.1) is 10.2 Å². The fourth-order valence-corrected chi connectivity index (χ4v) is 2.61. The number of nitrogens with zero attached hydrogens (tertiary/aromatic N) is 2. The molecule has 0 radical (unpaired) electrons. The first-order chi connectivity index (χ1) is 10.1. The number of halogens is 4. The predicted molar refractivity (Wildman–Crippen MR) is 77.1 cm³/mol. The monoisotopic (exact) mass is 378 g/mol. The van der Waals surface area contributed by atoms with Crippen molar-refractivity contribution in [2.45, 2.75) is 31.2 Å². The molecule has 2 rings (SSSR count). The maximum absolute atomic E-state index is 12.6. The van der Waals surface area contributed by atoms with E-state index in [1.165, 1.54) is 0 Å². The molecule has 1 aliphatic heterocycles. The number of rotatable bonds is 5. The second kappa shape index (κ2) is 5.96. The third-order valence-electron chi connectivity index (χ3n) is 3.27. The molecule has 0 spiro atoms. The molecule has 0 bridgehead atoms. The number of carbonyl (C=O) groups is 1. The number of hydrogen-bond donors (Lipinski definition) is 2. The summed E-state index contributed by atoms with van der Waals surface area (Å²) in [5.74, 6) is -0.546. The molecule has 22 heavy (non-hydrogen) atoms. The fraction of sp³-hybridized carbons (Fsp3) is 0.462. The summed E-state index contributed by atoms with van der Waals surface area (Å²) in [5, 5.41) is 8.47. The minimum atomic E-state index is -4.53. The van der Waals surface area contributed by atoms with Crippen LogP contribution in [0.25, 0.3) is 0 Å². The number of nitrogens with one attached hydrogen (secondary N) is 1. The van der Waals surface area contributed by atoms with Crippen molar-refractivity contribution in [1.29, 1.82) is 0 Å². The first kappa shape index (κ1) is 16.9. The molecular weight excluding hydrogens is 365 g/mol. The predicted octanol–water partition coefficient (Wildman–Crippen LogP) is 2.99. The van der Waals surface area contributed by atoms with Gasteiger partial charge in [0.15, 0.2) is 0 Å². The molecule has 1 atom stereocenters. The molecule has 3 N–H and O–H groups in total. The summed E-state index contributed by atoms with van der Waals surface area (Å²) >= 11 is 3.30. The molecule has 0 aliphatic carbocycles. The Balaban J connectivity index is 1.90. The molecule has 0 saturated heterocycles. The van der Waals surface area contributed by atoms with Crippen LogP contribution in [-0.4, -0.2) is 24.3 Å². The van der Waals surface area contributed by atoms with Crippen molar-refractivity contribution in [3.8, 4) is 0 Å². The third kappa shape index (κ3) is 3.64. The van der Waals surface area contributed by atoms with Gasteiger partial charge in [-0.05, 0) is 30.2 Å². The van der Waals surface area contributed by atoms with Gasteiger partial charge in [0.1, 0.15) is 6.04 Å². The van der Waals surface area contributed by atoms with E-state index in [-0.39, 0.29) is 6.54 Å². The third-order valence-corrected chi connectivity index (χ3v) is 3.73. The van der Waals surface area contributed by atoms with Gasteiger partial charge in [-0.2, -0.15) is 13.2 Å². The lowest BCUT2D eigenvalue weighted by Gasteiger charge is -2.16. The van der Waals surface area contributed by atoms with Gasteiger partial charge in [-0.1, -0.05) is 22.0 Å². The van der Waals surface area contributed by atoms with Crippen LogP contribution in [0.3, 0.4) is 0 Å². The van der Waals surface area contributed by atoms with Crippen LogP contribution in [0.15, 0.2) is 32.9 Å². The van der Waals surface area contributed by atoms with Crippen LogP contribution in [0.1, 0.15) is 23.6 Å². The van der Waals surface area contributed by atoms with E-state index < -0.39 is 30.2 Å². The molecule has 0 saturated carbocycles. The van der Waals surface area contributed by atoms with Crippen LogP contribution >= 0.6 is 15.9 Å². The molecule has 0 aromatic heterocycles. The zero-order valence-electron chi connectivity index (χ0n) is 11.6. The largest absolute Gasteiger partial charge is 0.437 e. The lowest BCUT2D eigenvalue weighted by atomic mass is 10.0. The van der Waals surface area contributed by atoms with Crippen LogP contribution in [0.5, 0.6) is 0 Å². The van der Waals surface area contributed by atoms with E-state index in [1.54, 1.807) is 12.1 Å². The first-order valence-corrected chi connectivity index (χ1v) is 7.25. The van der Waals surface area contributed by atoms with Gasteiger partial charge in [-0.25, -0.2) is 0 Å². The summed E-state index contributed by atoms with van der Waals surface area (Å²) in [7, 11) is 0. The maximum Gasteiger partial charge on any atom is 0.437 e. The van der Waals surface area contributed by atoms with E-state index in [4.69, 9.17) is 5.73 Å². The van der Waals surface area contributed by atoms with Crippen molar-refractivity contribution in [2.24, 2.45) is 16.0 Å². The second-order valence-corrected chi connectivity index (χ2v) is 6.01. The number of hydrogen-bond acceptors (Lipinski definition) is 4. The molecule has 1 aromatic rings. The Morgan fingerprint density at radius 2 is 2.05 bits per heavy atom. The van der Waals surface area contributed by atoms with Crippen LogP contribution in [-0.2, 0) is 4.79 Å². The normalized spacial score (nSPS) is 17.2. The Bertz CT molecular complexity index is 592. The van der Waals surface area contributed by atoms with Gasteiger partial charge >= 0.3 is 6.18 Å². The van der Waals surface area contributed by atoms with Gasteiger partial charge in [0.25, 0.3) is 5.66 Å². The number of alkyl halides is 3. The molecule has 1 heterocycles. The van der Waals surface area contributed by atoms with Crippen LogP contribution in [0, 0.1) is 6.92 Å². The van der Waals surface area contributed by atoms with E-state index in [9.17, 15) is 18.0 Å². The summed E-state index contributed by atoms with van der Waals surface area (Å²) in [6.45, 7) is 1.65. The summed E-state index contributed by atoms with van der Waals surface area (Å²) in [6, 6.07) is 4.35. The molecule has 1 aliphatic rings. The zero-order valence-corrected chi connectivity index (χ0v) is 13.2. The lowest BCUT2D eigenvalue weighted by molar-refractivity contribution is -0.165. The van der Waals surface area contributed by atoms with Crippen LogP contribution in [0.4, 0.5) is 13.2 Å². The molecule has 1 amide bonds. The Morgan fingerprint density at radius 1 is 1.41 bits per heavy atom. The van der Waals surface area contributed by atoms with E-state index >= 15 is 0 Å². The van der Waals surface area contributed by atoms with Crippen molar-refractivity contribution >= 4 is 21.8 Å². The van der Waals surface area contributed by atoms with E-state index in [2.05, 4.69) is 31.5 Å². The minimum Gasteiger partial charge on any atom is -0.354 e. The van der Waals surface area contributed by atoms with E-state index in [0.29, 0.717) is 5.56 Å². The van der Waals surface area contributed by atoms with Crippen molar-refractivity contribution in [2.75, 3.05) is 6.54 Å². The summed E-state index contributed by atoms with van der Waals surface area (Å²) in [4.78, 5) is 11.9. The average Bonchev–Trinajstić information content (AvgIpc) is 3.17. The Hall–Kier alpha value is -1.48.